The zero-order valence-corrected chi connectivity index (χ0v) is 27.3. The fraction of sp³-hybridized carbons (Fsp3) is 0.432. The number of para-hydroxylation sites is 2. The van der Waals surface area contributed by atoms with Crippen LogP contribution in [0.5, 0.6) is 11.5 Å². The maximum Gasteiger partial charge on any atom is 0.249 e. The summed E-state index contributed by atoms with van der Waals surface area (Å²) in [5.74, 6) is 0.996. The van der Waals surface area contributed by atoms with Crippen LogP contribution in [0.4, 0.5) is 11.5 Å². The zero-order valence-electron chi connectivity index (χ0n) is 27.3. The van der Waals surface area contributed by atoms with E-state index in [0.717, 1.165) is 61.3 Å². The smallest absolute Gasteiger partial charge is 0.249 e. The molecule has 0 unspecified atom stereocenters. The van der Waals surface area contributed by atoms with Gasteiger partial charge in [0.2, 0.25) is 11.8 Å². The topological polar surface area (TPSA) is 152 Å². The number of hydrogen-bond donors (Lipinski definition) is 3. The molecule has 252 valence electrons. The number of amides is 2. The standard InChI is InChI=1S/C37H40N8O4/c38-34-26(20-28(41-42-34)25-4-1-2-7-31(25)46)23-21-39-45(22-23)24-10-16-43(17-11-24)37-14-12-36(37,13-15-37)27-5-3-6-29-33(27)49-19-18-44(29)30-8-9-32(47)40-35(30)48/h1-7,20-22,24,30,46H,8-19H2,(H2,38,42)(H,40,47,48)/t30-,36?,37?/m1/s1. The van der Waals surface area contributed by atoms with E-state index in [1.54, 1.807) is 12.1 Å². The third-order valence-corrected chi connectivity index (χ3v) is 12.2. The predicted molar refractivity (Wildman–Crippen MR) is 183 cm³/mol. The van der Waals surface area contributed by atoms with Gasteiger partial charge in [-0.15, -0.1) is 10.2 Å². The number of carbonyl (C=O) groups is 2. The molecule has 12 heteroatoms. The monoisotopic (exact) mass is 660 g/mol. The van der Waals surface area contributed by atoms with Crippen LogP contribution in [0.1, 0.15) is 63.0 Å². The van der Waals surface area contributed by atoms with Gasteiger partial charge < -0.3 is 20.5 Å². The minimum atomic E-state index is -0.354. The van der Waals surface area contributed by atoms with Crippen LogP contribution in [0.3, 0.4) is 0 Å². The van der Waals surface area contributed by atoms with Crippen LogP contribution in [-0.4, -0.2) is 79.6 Å². The Morgan fingerprint density at radius 1 is 0.939 bits per heavy atom. The lowest BCUT2D eigenvalue weighted by Gasteiger charge is -2.73. The first kappa shape index (κ1) is 30.1. The Balaban J connectivity index is 0.923. The Kier molecular flexibility index (Phi) is 6.94. The minimum Gasteiger partial charge on any atom is -0.507 e. The molecule has 4 fully saturated rings. The van der Waals surface area contributed by atoms with Gasteiger partial charge in [0.15, 0.2) is 5.82 Å². The number of hydrogen-bond acceptors (Lipinski definition) is 10. The number of anilines is 2. The first-order valence-corrected chi connectivity index (χ1v) is 17.4. The molecule has 4 N–H and O–H groups in total. The molecule has 2 saturated carbocycles. The summed E-state index contributed by atoms with van der Waals surface area (Å²) >= 11 is 0. The number of aromatic nitrogens is 4. The molecule has 0 radical (unpaired) electrons. The van der Waals surface area contributed by atoms with Crippen molar-refractivity contribution < 1.29 is 19.4 Å². The van der Waals surface area contributed by atoms with Gasteiger partial charge >= 0.3 is 0 Å². The molecule has 1 atom stereocenters. The fourth-order valence-corrected chi connectivity index (χ4v) is 9.46. The Morgan fingerprint density at radius 3 is 2.51 bits per heavy atom. The normalized spacial score (nSPS) is 26.9. The average Bonchev–Trinajstić information content (AvgIpc) is 3.60. The van der Waals surface area contributed by atoms with Crippen molar-refractivity contribution in [1.29, 1.82) is 0 Å². The Hall–Kier alpha value is -4.97. The summed E-state index contributed by atoms with van der Waals surface area (Å²) in [7, 11) is 0. The van der Waals surface area contributed by atoms with Gasteiger partial charge in [-0.3, -0.25) is 24.5 Å². The van der Waals surface area contributed by atoms with Crippen LogP contribution < -0.4 is 20.7 Å². The maximum atomic E-state index is 12.8. The second-order valence-corrected chi connectivity index (χ2v) is 14.2. The Morgan fingerprint density at radius 2 is 1.76 bits per heavy atom. The molecule has 2 aromatic carbocycles. The van der Waals surface area contributed by atoms with Crippen molar-refractivity contribution in [1.82, 2.24) is 30.2 Å². The van der Waals surface area contributed by atoms with E-state index in [9.17, 15) is 14.7 Å². The van der Waals surface area contributed by atoms with Crippen molar-refractivity contribution in [2.45, 2.75) is 74.4 Å². The van der Waals surface area contributed by atoms with Crippen LogP contribution in [0, 0.1) is 0 Å². The molecule has 0 bridgehead atoms. The lowest BCUT2D eigenvalue weighted by Crippen LogP contribution is -2.76. The number of rotatable bonds is 6. The van der Waals surface area contributed by atoms with Crippen molar-refractivity contribution in [2.75, 3.05) is 36.9 Å². The summed E-state index contributed by atoms with van der Waals surface area (Å²) in [6.07, 6.45) is 11.4. The molecule has 12 nitrogen and oxygen atoms in total. The lowest BCUT2D eigenvalue weighted by molar-refractivity contribution is -0.157. The number of nitrogens with zero attached hydrogens (tertiary/aromatic N) is 6. The van der Waals surface area contributed by atoms with E-state index in [1.165, 1.54) is 18.4 Å². The molecule has 4 aromatic rings. The number of nitrogens with two attached hydrogens (primary N) is 1. The quantitative estimate of drug-likeness (QED) is 0.257. The molecular weight excluding hydrogens is 620 g/mol. The number of phenols is 1. The SMILES string of the molecule is Nc1nnc(-c2ccccc2O)cc1-c1cnn(C2CCN(C34CCC3(c3cccc5c3OCCN5[C@@H]3CCC(=O)NC3=O)CC4)CC2)c1. The molecular formula is C37H40N8O4. The van der Waals surface area contributed by atoms with Crippen LogP contribution in [0.25, 0.3) is 22.4 Å². The van der Waals surface area contributed by atoms with Gasteiger partial charge in [-0.05, 0) is 69.2 Å². The van der Waals surface area contributed by atoms with Crippen molar-refractivity contribution >= 4 is 23.3 Å². The number of benzene rings is 2. The summed E-state index contributed by atoms with van der Waals surface area (Å²) in [5.41, 5.74) is 11.5. The second kappa shape index (κ2) is 11.3. The van der Waals surface area contributed by atoms with E-state index >= 15 is 0 Å². The molecule has 49 heavy (non-hydrogen) atoms. The van der Waals surface area contributed by atoms with Crippen LogP contribution >= 0.6 is 0 Å². The van der Waals surface area contributed by atoms with Crippen molar-refractivity contribution in [2.24, 2.45) is 0 Å². The molecule has 5 aliphatic rings. The molecule has 3 aliphatic heterocycles. The number of piperidine rings is 2. The fourth-order valence-electron chi connectivity index (χ4n) is 9.46. The maximum absolute atomic E-state index is 12.8. The number of nitrogen functional groups attached to an aromatic ring is 1. The van der Waals surface area contributed by atoms with Gasteiger partial charge in [-0.25, -0.2) is 0 Å². The van der Waals surface area contributed by atoms with Crippen LogP contribution in [0.2, 0.25) is 0 Å². The summed E-state index contributed by atoms with van der Waals surface area (Å²) in [5, 5.41) is 26.1. The zero-order chi connectivity index (χ0) is 33.3. The number of aromatic hydroxyl groups is 1. The predicted octanol–water partition coefficient (Wildman–Crippen LogP) is 4.20. The summed E-state index contributed by atoms with van der Waals surface area (Å²) in [6, 6.07) is 15.3. The third kappa shape index (κ3) is 4.56. The molecule has 0 spiro atoms. The molecule has 2 amide bonds. The van der Waals surface area contributed by atoms with E-state index in [2.05, 4.69) is 54.4 Å². The largest absolute Gasteiger partial charge is 0.507 e. The van der Waals surface area contributed by atoms with Crippen molar-refractivity contribution in [3.63, 3.8) is 0 Å². The van der Waals surface area contributed by atoms with Crippen LogP contribution in [0.15, 0.2) is 60.9 Å². The number of ether oxygens (including phenoxy) is 1. The van der Waals surface area contributed by atoms with Gasteiger partial charge in [0.1, 0.15) is 24.1 Å². The van der Waals surface area contributed by atoms with E-state index in [-0.39, 0.29) is 40.6 Å². The Labute approximate surface area is 284 Å². The van der Waals surface area contributed by atoms with Crippen molar-refractivity contribution in [3.8, 4) is 33.9 Å². The van der Waals surface area contributed by atoms with E-state index in [1.807, 2.05) is 24.4 Å². The van der Waals surface area contributed by atoms with Crippen molar-refractivity contribution in [3.05, 3.63) is 66.5 Å². The van der Waals surface area contributed by atoms with Gasteiger partial charge in [-0.2, -0.15) is 5.10 Å². The van der Waals surface area contributed by atoms with Crippen LogP contribution in [-0.2, 0) is 15.0 Å². The summed E-state index contributed by atoms with van der Waals surface area (Å²) in [6.45, 7) is 3.15. The Bertz CT molecular complexity index is 1960. The first-order chi connectivity index (χ1) is 23.9. The molecule has 2 aromatic heterocycles. The highest BCUT2D eigenvalue weighted by atomic mass is 16.5. The molecule has 9 rings (SSSR count). The summed E-state index contributed by atoms with van der Waals surface area (Å²) in [4.78, 5) is 29.6. The molecule has 5 heterocycles. The molecule has 2 aliphatic carbocycles. The van der Waals surface area contributed by atoms with Gasteiger partial charge in [0.25, 0.3) is 0 Å². The minimum absolute atomic E-state index is 0.0502. The highest BCUT2D eigenvalue weighted by molar-refractivity contribution is 6.02. The highest BCUT2D eigenvalue weighted by Gasteiger charge is 2.69. The van der Waals surface area contributed by atoms with E-state index in [4.69, 9.17) is 15.6 Å². The number of likely N-dealkylation sites (tertiary alicyclic amines) is 1. The average molecular weight is 661 g/mol. The third-order valence-electron chi connectivity index (χ3n) is 12.2. The number of carbonyl (C=O) groups excluding carboxylic acids is 2. The molecule has 2 saturated heterocycles. The summed E-state index contributed by atoms with van der Waals surface area (Å²) < 4.78 is 8.50. The number of phenolic OH excluding ortho intramolecular Hbond substituents is 1. The number of nitrogens with one attached hydrogen (secondary N) is 1. The second-order valence-electron chi connectivity index (χ2n) is 14.2. The lowest BCUT2D eigenvalue weighted by atomic mass is 9.39. The first-order valence-electron chi connectivity index (χ1n) is 17.4. The van der Waals surface area contributed by atoms with E-state index < -0.39 is 0 Å². The van der Waals surface area contributed by atoms with Gasteiger partial charge in [-0.1, -0.05) is 24.3 Å². The number of imide groups is 1. The number of fused-ring (bicyclic) bond motifs is 2. The van der Waals surface area contributed by atoms with Gasteiger partial charge in [0, 0.05) is 58.9 Å². The highest BCUT2D eigenvalue weighted by Crippen LogP contribution is 2.69. The van der Waals surface area contributed by atoms with Gasteiger partial charge in [0.05, 0.1) is 30.2 Å². The van der Waals surface area contributed by atoms with E-state index in [0.29, 0.717) is 43.1 Å².